The first-order valence-electron chi connectivity index (χ1n) is 3.73. The Morgan fingerprint density at radius 2 is 2.00 bits per heavy atom. The Morgan fingerprint density at radius 3 is 2.50 bits per heavy atom. The highest BCUT2D eigenvalue weighted by atomic mass is 16.5. The zero-order valence-electron chi connectivity index (χ0n) is 7.20. The monoisotopic (exact) mass is 172 g/mol. The largest absolute Gasteiger partial charge is 0.463 e. The predicted molar refractivity (Wildman–Crippen MR) is 42.2 cm³/mol. The number of hydrogen-bond acceptors (Lipinski definition) is 4. The fourth-order valence-corrected chi connectivity index (χ4v) is 0.439. The zero-order chi connectivity index (χ0) is 9.40. The van der Waals surface area contributed by atoms with Gasteiger partial charge in [0.1, 0.15) is 6.26 Å². The highest BCUT2D eigenvalue weighted by molar-refractivity contribution is 5.82. The van der Waals surface area contributed by atoms with Gasteiger partial charge in [0.2, 0.25) is 0 Å². The molecule has 4 heteroatoms. The van der Waals surface area contributed by atoms with Crippen LogP contribution in [0.5, 0.6) is 0 Å². The third-order valence-corrected chi connectivity index (χ3v) is 0.979. The lowest BCUT2D eigenvalue weighted by atomic mass is 10.5. The molecular formula is C8H12O4. The lowest BCUT2D eigenvalue weighted by Crippen LogP contribution is -2.01. The van der Waals surface area contributed by atoms with Gasteiger partial charge >= 0.3 is 11.9 Å². The van der Waals surface area contributed by atoms with Gasteiger partial charge in [0.25, 0.3) is 0 Å². The Kier molecular flexibility index (Phi) is 5.69. The van der Waals surface area contributed by atoms with E-state index in [2.05, 4.69) is 9.47 Å². The molecule has 0 bridgehead atoms. The molecule has 0 amide bonds. The van der Waals surface area contributed by atoms with Gasteiger partial charge in [0.15, 0.2) is 0 Å². The Hall–Kier alpha value is -1.32. The van der Waals surface area contributed by atoms with E-state index in [1.165, 1.54) is 0 Å². The fourth-order valence-electron chi connectivity index (χ4n) is 0.439. The van der Waals surface area contributed by atoms with Gasteiger partial charge in [-0.15, -0.1) is 0 Å². The van der Waals surface area contributed by atoms with Crippen LogP contribution < -0.4 is 0 Å². The molecule has 0 aliphatic carbocycles. The number of carbonyl (C=O) groups is 2. The van der Waals surface area contributed by atoms with Crippen LogP contribution in [0.2, 0.25) is 0 Å². The van der Waals surface area contributed by atoms with E-state index in [4.69, 9.17) is 0 Å². The lowest BCUT2D eigenvalue weighted by Gasteiger charge is -1.95. The quantitative estimate of drug-likeness (QED) is 0.361. The van der Waals surface area contributed by atoms with E-state index < -0.39 is 5.97 Å². The Labute approximate surface area is 71.2 Å². The van der Waals surface area contributed by atoms with E-state index in [9.17, 15) is 9.59 Å². The summed E-state index contributed by atoms with van der Waals surface area (Å²) in [5.41, 5.74) is 0. The first-order valence-corrected chi connectivity index (χ1v) is 3.73. The van der Waals surface area contributed by atoms with Crippen LogP contribution in [0.4, 0.5) is 0 Å². The molecule has 4 nitrogen and oxygen atoms in total. The minimum absolute atomic E-state index is 0.285. The number of ether oxygens (including phenoxy) is 2. The Balaban J connectivity index is 3.61. The molecule has 0 fully saturated rings. The molecule has 0 aliphatic rings. The number of rotatable bonds is 4. The van der Waals surface area contributed by atoms with Crippen LogP contribution in [0.25, 0.3) is 0 Å². The molecule has 0 atom stereocenters. The zero-order valence-corrected chi connectivity index (χ0v) is 7.20. The third kappa shape index (κ3) is 5.46. The van der Waals surface area contributed by atoms with Crippen molar-refractivity contribution < 1.29 is 19.1 Å². The van der Waals surface area contributed by atoms with Crippen LogP contribution in [0, 0.1) is 0 Å². The number of esters is 2. The maximum Gasteiger partial charge on any atom is 0.333 e. The van der Waals surface area contributed by atoms with Gasteiger partial charge < -0.3 is 9.47 Å². The van der Waals surface area contributed by atoms with Crippen LogP contribution in [0.3, 0.4) is 0 Å². The molecule has 0 aromatic heterocycles. The molecule has 0 heterocycles. The van der Waals surface area contributed by atoms with E-state index in [-0.39, 0.29) is 12.4 Å². The summed E-state index contributed by atoms with van der Waals surface area (Å²) in [6.07, 6.45) is 2.38. The molecule has 0 unspecified atom stereocenters. The van der Waals surface area contributed by atoms with E-state index in [1.807, 2.05) is 0 Å². The molecule has 0 spiro atoms. The molecule has 0 saturated heterocycles. The summed E-state index contributed by atoms with van der Waals surface area (Å²) in [4.78, 5) is 21.1. The van der Waals surface area contributed by atoms with Gasteiger partial charge in [0.05, 0.1) is 12.7 Å². The average molecular weight is 172 g/mol. The molecule has 0 aromatic carbocycles. The van der Waals surface area contributed by atoms with Crippen LogP contribution in [-0.2, 0) is 19.1 Å². The second kappa shape index (κ2) is 6.39. The van der Waals surface area contributed by atoms with Gasteiger partial charge in [-0.3, -0.25) is 4.79 Å². The smallest absolute Gasteiger partial charge is 0.333 e. The predicted octanol–water partition coefficient (Wildman–Crippen LogP) is 1.02. The highest BCUT2D eigenvalue weighted by Gasteiger charge is 1.96. The van der Waals surface area contributed by atoms with Crippen molar-refractivity contribution in [3.05, 3.63) is 12.3 Å². The first kappa shape index (κ1) is 10.7. The number of hydrogen-bond donors (Lipinski definition) is 0. The van der Waals surface area contributed by atoms with Crippen molar-refractivity contribution in [1.82, 2.24) is 0 Å². The molecule has 0 aliphatic heterocycles. The van der Waals surface area contributed by atoms with Gasteiger partial charge in [-0.2, -0.15) is 0 Å². The van der Waals surface area contributed by atoms with Crippen LogP contribution in [-0.4, -0.2) is 18.5 Å². The topological polar surface area (TPSA) is 52.6 Å². The van der Waals surface area contributed by atoms with Crippen molar-refractivity contribution in [3.63, 3.8) is 0 Å². The molecule has 0 saturated carbocycles. The van der Waals surface area contributed by atoms with E-state index in [0.29, 0.717) is 6.61 Å². The van der Waals surface area contributed by atoms with Crippen molar-refractivity contribution in [2.24, 2.45) is 0 Å². The van der Waals surface area contributed by atoms with Crippen LogP contribution in [0.15, 0.2) is 12.3 Å². The summed E-state index contributed by atoms with van der Waals surface area (Å²) in [6.45, 7) is 3.68. The molecule has 0 N–H and O–H groups in total. The van der Waals surface area contributed by atoms with Crippen LogP contribution >= 0.6 is 0 Å². The van der Waals surface area contributed by atoms with Crippen molar-refractivity contribution in [3.8, 4) is 0 Å². The fraction of sp³-hybridized carbons (Fsp3) is 0.500. The molecular weight excluding hydrogens is 160 g/mol. The van der Waals surface area contributed by atoms with Gasteiger partial charge in [-0.05, 0) is 6.92 Å². The first-order chi connectivity index (χ1) is 5.70. The molecule has 0 aromatic rings. The van der Waals surface area contributed by atoms with E-state index in [1.54, 1.807) is 13.8 Å². The summed E-state index contributed by atoms with van der Waals surface area (Å²) in [7, 11) is 0. The summed E-state index contributed by atoms with van der Waals surface area (Å²) >= 11 is 0. The minimum atomic E-state index is -0.513. The van der Waals surface area contributed by atoms with E-state index in [0.717, 1.165) is 12.3 Å². The van der Waals surface area contributed by atoms with Gasteiger partial charge in [0, 0.05) is 6.42 Å². The second-order valence-corrected chi connectivity index (χ2v) is 1.90. The SMILES string of the molecule is CCOC(=O)/C=C/OC(=O)CC. The molecule has 68 valence electrons. The highest BCUT2D eigenvalue weighted by Crippen LogP contribution is 1.87. The van der Waals surface area contributed by atoms with Crippen molar-refractivity contribution >= 4 is 11.9 Å². The number of carbonyl (C=O) groups excluding carboxylic acids is 2. The minimum Gasteiger partial charge on any atom is -0.463 e. The third-order valence-electron chi connectivity index (χ3n) is 0.979. The Bertz CT molecular complexity index is 183. The molecule has 12 heavy (non-hydrogen) atoms. The maximum atomic E-state index is 10.6. The van der Waals surface area contributed by atoms with Crippen molar-refractivity contribution in [2.75, 3.05) is 6.61 Å². The standard InChI is InChI=1S/C8H12O4/c1-3-7(9)12-6-5-8(10)11-4-2/h5-6H,3-4H2,1-2H3/b6-5+. The van der Waals surface area contributed by atoms with Crippen molar-refractivity contribution in [1.29, 1.82) is 0 Å². The maximum absolute atomic E-state index is 10.6. The lowest BCUT2D eigenvalue weighted by molar-refractivity contribution is -0.138. The molecule has 0 radical (unpaired) electrons. The average Bonchev–Trinajstić information content (AvgIpc) is 2.04. The van der Waals surface area contributed by atoms with Crippen LogP contribution in [0.1, 0.15) is 20.3 Å². The van der Waals surface area contributed by atoms with Gasteiger partial charge in [-0.25, -0.2) is 4.79 Å². The van der Waals surface area contributed by atoms with E-state index >= 15 is 0 Å². The van der Waals surface area contributed by atoms with Gasteiger partial charge in [-0.1, -0.05) is 6.92 Å². The summed E-state index contributed by atoms with van der Waals surface area (Å²) < 4.78 is 9.03. The summed E-state index contributed by atoms with van der Waals surface area (Å²) in [6, 6.07) is 0. The normalized spacial score (nSPS) is 9.83. The van der Waals surface area contributed by atoms with Crippen molar-refractivity contribution in [2.45, 2.75) is 20.3 Å². The second-order valence-electron chi connectivity index (χ2n) is 1.90. The summed E-state index contributed by atoms with van der Waals surface area (Å²) in [5, 5.41) is 0. The summed E-state index contributed by atoms with van der Waals surface area (Å²) in [5.74, 6) is -0.892. The molecule has 0 rings (SSSR count). The Morgan fingerprint density at radius 1 is 1.33 bits per heavy atom.